The number of rotatable bonds is 9. The minimum absolute atomic E-state index is 0.0548. The lowest BCUT2D eigenvalue weighted by atomic mass is 10.1. The maximum Gasteiger partial charge on any atom is 0.242 e. The van der Waals surface area contributed by atoms with Crippen LogP contribution in [0.4, 0.5) is 0 Å². The molecule has 2 aromatic carbocycles. The summed E-state index contributed by atoms with van der Waals surface area (Å²) >= 11 is 1.64. The molecule has 7 nitrogen and oxygen atoms in total. The second kappa shape index (κ2) is 11.7. The molecule has 0 saturated carbocycles. The molecule has 2 heterocycles. The number of para-hydroxylation sites is 1. The Bertz CT molecular complexity index is 1060. The second-order valence-corrected chi connectivity index (χ2v) is 9.12. The van der Waals surface area contributed by atoms with Crippen molar-refractivity contribution in [1.82, 2.24) is 25.4 Å². The molecule has 33 heavy (non-hydrogen) atoms. The number of benzene rings is 2. The summed E-state index contributed by atoms with van der Waals surface area (Å²) in [5.74, 6) is 1.52. The van der Waals surface area contributed by atoms with E-state index in [1.54, 1.807) is 11.8 Å². The molecule has 0 bridgehead atoms. The Labute approximate surface area is 198 Å². The minimum Gasteiger partial charge on any atom is -0.354 e. The average molecular weight is 464 g/mol. The number of nitrogens with one attached hydrogen (secondary N) is 2. The van der Waals surface area contributed by atoms with Gasteiger partial charge in [0.05, 0.1) is 0 Å². The van der Waals surface area contributed by atoms with E-state index in [0.717, 1.165) is 53.7 Å². The molecule has 1 saturated heterocycles. The first-order chi connectivity index (χ1) is 16.2. The molecule has 3 aromatic rings. The van der Waals surface area contributed by atoms with Crippen LogP contribution in [0.1, 0.15) is 38.5 Å². The van der Waals surface area contributed by atoms with Crippen molar-refractivity contribution in [2.24, 2.45) is 0 Å². The van der Waals surface area contributed by atoms with Crippen LogP contribution in [0.25, 0.3) is 17.1 Å². The third kappa shape index (κ3) is 6.22. The quantitative estimate of drug-likeness (QED) is 0.370. The Morgan fingerprint density at radius 2 is 1.79 bits per heavy atom. The maximum absolute atomic E-state index is 12.3. The Balaban J connectivity index is 1.32. The third-order valence-corrected chi connectivity index (χ3v) is 6.59. The van der Waals surface area contributed by atoms with Gasteiger partial charge in [-0.15, -0.1) is 10.2 Å². The van der Waals surface area contributed by atoms with E-state index in [0.29, 0.717) is 19.4 Å². The third-order valence-electron chi connectivity index (χ3n) is 5.58. The Morgan fingerprint density at radius 3 is 2.58 bits per heavy atom. The van der Waals surface area contributed by atoms with Crippen LogP contribution in [0.2, 0.25) is 0 Å². The number of aromatic nitrogens is 3. The fourth-order valence-electron chi connectivity index (χ4n) is 3.84. The van der Waals surface area contributed by atoms with E-state index >= 15 is 0 Å². The highest BCUT2D eigenvalue weighted by Crippen LogP contribution is 2.28. The highest BCUT2D eigenvalue weighted by Gasteiger charge is 2.22. The van der Waals surface area contributed by atoms with Crippen LogP contribution in [0, 0.1) is 0 Å². The SMILES string of the molecule is O=C(CCCCSc1nnc(-c2ccccc2)n1-c1ccccc1)NC1CCCCNC1=O. The van der Waals surface area contributed by atoms with Gasteiger partial charge >= 0.3 is 0 Å². The standard InChI is InChI=1S/C25H29N5O2S/c31-22(27-21-15-7-9-17-26-24(21)32)16-8-10-18-33-25-29-28-23(19-11-3-1-4-12-19)30(25)20-13-5-2-6-14-20/h1-6,11-14,21H,7-10,15-18H2,(H,26,32)(H,27,31). The smallest absolute Gasteiger partial charge is 0.242 e. The van der Waals surface area contributed by atoms with Crippen LogP contribution < -0.4 is 10.6 Å². The fourth-order valence-corrected chi connectivity index (χ4v) is 4.79. The fraction of sp³-hybridized carbons (Fsp3) is 0.360. The van der Waals surface area contributed by atoms with Crippen LogP contribution >= 0.6 is 11.8 Å². The summed E-state index contributed by atoms with van der Waals surface area (Å²) in [4.78, 5) is 24.3. The summed E-state index contributed by atoms with van der Waals surface area (Å²) in [6.07, 6.45) is 4.69. The average Bonchev–Trinajstić information content (AvgIpc) is 3.17. The molecule has 2 N–H and O–H groups in total. The lowest BCUT2D eigenvalue weighted by molar-refractivity contribution is -0.128. The molecule has 1 unspecified atom stereocenters. The van der Waals surface area contributed by atoms with Crippen molar-refractivity contribution in [3.63, 3.8) is 0 Å². The van der Waals surface area contributed by atoms with Gasteiger partial charge in [-0.25, -0.2) is 0 Å². The highest BCUT2D eigenvalue weighted by atomic mass is 32.2. The maximum atomic E-state index is 12.3. The molecule has 0 radical (unpaired) electrons. The monoisotopic (exact) mass is 463 g/mol. The first-order valence-electron chi connectivity index (χ1n) is 11.5. The number of thioether (sulfide) groups is 1. The van der Waals surface area contributed by atoms with Gasteiger partial charge in [0.15, 0.2) is 11.0 Å². The van der Waals surface area contributed by atoms with Gasteiger partial charge in [-0.2, -0.15) is 0 Å². The minimum atomic E-state index is -0.393. The van der Waals surface area contributed by atoms with Crippen LogP contribution in [-0.2, 0) is 9.59 Å². The molecule has 172 valence electrons. The Kier molecular flexibility index (Phi) is 8.14. The molecule has 1 aliphatic rings. The largest absolute Gasteiger partial charge is 0.354 e. The van der Waals surface area contributed by atoms with Gasteiger partial charge in [-0.05, 0) is 44.2 Å². The van der Waals surface area contributed by atoms with Crippen molar-refractivity contribution < 1.29 is 9.59 Å². The number of hydrogen-bond donors (Lipinski definition) is 2. The zero-order valence-corrected chi connectivity index (χ0v) is 19.4. The summed E-state index contributed by atoms with van der Waals surface area (Å²) in [5.41, 5.74) is 2.03. The summed E-state index contributed by atoms with van der Waals surface area (Å²) in [7, 11) is 0. The van der Waals surface area contributed by atoms with Crippen LogP contribution in [0.5, 0.6) is 0 Å². The predicted octanol–water partition coefficient (Wildman–Crippen LogP) is 3.98. The van der Waals surface area contributed by atoms with Gasteiger partial charge in [0, 0.05) is 30.0 Å². The summed E-state index contributed by atoms with van der Waals surface area (Å²) in [5, 5.41) is 15.5. The van der Waals surface area contributed by atoms with Gasteiger partial charge in [0.2, 0.25) is 11.8 Å². The van der Waals surface area contributed by atoms with Crippen LogP contribution in [0.15, 0.2) is 65.8 Å². The molecule has 1 atom stereocenters. The molecule has 0 aliphatic carbocycles. The van der Waals surface area contributed by atoms with Crippen molar-refractivity contribution in [3.8, 4) is 17.1 Å². The van der Waals surface area contributed by atoms with Gasteiger partial charge in [0.25, 0.3) is 0 Å². The predicted molar refractivity (Wildman–Crippen MR) is 130 cm³/mol. The normalized spacial score (nSPS) is 16.1. The zero-order valence-electron chi connectivity index (χ0n) is 18.6. The summed E-state index contributed by atoms with van der Waals surface area (Å²) < 4.78 is 2.08. The van der Waals surface area contributed by atoms with E-state index in [4.69, 9.17) is 0 Å². The Hall–Kier alpha value is -3.13. The van der Waals surface area contributed by atoms with Crippen molar-refractivity contribution in [3.05, 3.63) is 60.7 Å². The van der Waals surface area contributed by atoms with Crippen molar-refractivity contribution in [1.29, 1.82) is 0 Å². The van der Waals surface area contributed by atoms with Crippen molar-refractivity contribution >= 4 is 23.6 Å². The van der Waals surface area contributed by atoms with E-state index in [1.165, 1.54) is 0 Å². The lowest BCUT2D eigenvalue weighted by Gasteiger charge is -2.15. The molecule has 0 spiro atoms. The van der Waals surface area contributed by atoms with Crippen LogP contribution in [-0.4, -0.2) is 44.9 Å². The van der Waals surface area contributed by atoms with E-state index in [1.807, 2.05) is 60.7 Å². The van der Waals surface area contributed by atoms with Gasteiger partial charge in [0.1, 0.15) is 6.04 Å². The van der Waals surface area contributed by atoms with E-state index in [-0.39, 0.29) is 11.8 Å². The number of nitrogens with zero attached hydrogens (tertiary/aromatic N) is 3. The molecular formula is C25H29N5O2S. The van der Waals surface area contributed by atoms with Crippen LogP contribution in [0.3, 0.4) is 0 Å². The zero-order chi connectivity index (χ0) is 22.9. The summed E-state index contributed by atoms with van der Waals surface area (Å²) in [6, 6.07) is 19.8. The number of carbonyl (C=O) groups excluding carboxylic acids is 2. The Morgan fingerprint density at radius 1 is 1.03 bits per heavy atom. The first-order valence-corrected chi connectivity index (χ1v) is 12.5. The molecule has 1 aliphatic heterocycles. The number of amides is 2. The number of hydrogen-bond acceptors (Lipinski definition) is 5. The molecule has 1 fully saturated rings. The molecule has 4 rings (SSSR count). The lowest BCUT2D eigenvalue weighted by Crippen LogP contribution is -2.45. The molecule has 2 amide bonds. The van der Waals surface area contributed by atoms with Crippen molar-refractivity contribution in [2.75, 3.05) is 12.3 Å². The van der Waals surface area contributed by atoms with Gasteiger partial charge < -0.3 is 10.6 Å². The van der Waals surface area contributed by atoms with E-state index in [9.17, 15) is 9.59 Å². The topological polar surface area (TPSA) is 88.9 Å². The first kappa shape index (κ1) is 23.0. The van der Waals surface area contributed by atoms with E-state index in [2.05, 4.69) is 25.4 Å². The number of unbranched alkanes of at least 4 members (excludes halogenated alkanes) is 1. The number of carbonyl (C=O) groups is 2. The molecule has 1 aromatic heterocycles. The summed E-state index contributed by atoms with van der Waals surface area (Å²) in [6.45, 7) is 0.696. The molecule has 8 heteroatoms. The van der Waals surface area contributed by atoms with E-state index < -0.39 is 6.04 Å². The molecular weight excluding hydrogens is 434 g/mol. The highest BCUT2D eigenvalue weighted by molar-refractivity contribution is 7.99. The second-order valence-electron chi connectivity index (χ2n) is 8.06. The van der Waals surface area contributed by atoms with Crippen molar-refractivity contribution in [2.45, 2.75) is 49.7 Å². The van der Waals surface area contributed by atoms with Gasteiger partial charge in [-0.3, -0.25) is 14.2 Å². The van der Waals surface area contributed by atoms with Gasteiger partial charge in [-0.1, -0.05) is 60.3 Å².